The highest BCUT2D eigenvalue weighted by atomic mass is 16.7. The van der Waals surface area contributed by atoms with Gasteiger partial charge in [0.2, 0.25) is 5.76 Å². The molecular weight excluding hydrogens is 792 g/mol. The number of hydrogen-bond donors (Lipinski definition) is 6. The number of aliphatic hydroxyl groups excluding tert-OH is 4. The van der Waals surface area contributed by atoms with Crippen molar-refractivity contribution >= 4 is 12.1 Å². The summed E-state index contributed by atoms with van der Waals surface area (Å²) in [5.74, 6) is -6.00. The number of carbonyl (C=O) groups is 2. The van der Waals surface area contributed by atoms with E-state index in [1.165, 1.54) is 20.3 Å². The molecule has 0 saturated carbocycles. The average Bonchev–Trinajstić information content (AvgIpc) is 3.19. The molecule has 18 atom stereocenters. The molecule has 1 amide bonds. The summed E-state index contributed by atoms with van der Waals surface area (Å²) in [6.07, 6.45) is 2.20. The van der Waals surface area contributed by atoms with E-state index in [0.29, 0.717) is 18.4 Å². The second-order valence-corrected chi connectivity index (χ2v) is 17.5. The van der Waals surface area contributed by atoms with Crippen LogP contribution in [-0.4, -0.2) is 125 Å². The molecular formula is C46H75NO14. The van der Waals surface area contributed by atoms with Crippen molar-refractivity contribution in [3.05, 3.63) is 59.4 Å². The van der Waals surface area contributed by atoms with Gasteiger partial charge in [0.1, 0.15) is 12.2 Å². The van der Waals surface area contributed by atoms with Gasteiger partial charge in [0.05, 0.1) is 49.8 Å². The van der Waals surface area contributed by atoms with Crippen molar-refractivity contribution in [3.63, 3.8) is 0 Å². The third-order valence-electron chi connectivity index (χ3n) is 12.8. The van der Waals surface area contributed by atoms with Gasteiger partial charge in [-0.25, -0.2) is 9.59 Å². The normalized spacial score (nSPS) is 42.2. The minimum Gasteiger partial charge on any atom is -0.490 e. The third-order valence-corrected chi connectivity index (χ3v) is 12.8. The highest BCUT2D eigenvalue weighted by Gasteiger charge is 2.52. The van der Waals surface area contributed by atoms with Gasteiger partial charge < -0.3 is 64.4 Å². The molecule has 0 spiro atoms. The van der Waals surface area contributed by atoms with Crippen molar-refractivity contribution < 1.29 is 68.3 Å². The lowest BCUT2D eigenvalue weighted by molar-refractivity contribution is -0.338. The fourth-order valence-electron chi connectivity index (χ4n) is 8.94. The minimum absolute atomic E-state index is 0.0313. The Morgan fingerprint density at radius 1 is 1.10 bits per heavy atom. The number of primary amides is 1. The largest absolute Gasteiger partial charge is 0.490 e. The molecule has 0 unspecified atom stereocenters. The van der Waals surface area contributed by atoms with Crippen LogP contribution in [0.25, 0.3) is 0 Å². The fourth-order valence-corrected chi connectivity index (χ4v) is 8.94. The Morgan fingerprint density at radius 3 is 2.34 bits per heavy atom. The predicted molar refractivity (Wildman–Crippen MR) is 228 cm³/mol. The van der Waals surface area contributed by atoms with Crippen LogP contribution in [0.5, 0.6) is 0 Å². The number of esters is 1. The molecule has 0 aromatic rings. The van der Waals surface area contributed by atoms with Crippen LogP contribution < -0.4 is 5.73 Å². The van der Waals surface area contributed by atoms with E-state index < -0.39 is 97.0 Å². The molecule has 0 aromatic heterocycles. The summed E-state index contributed by atoms with van der Waals surface area (Å²) in [7, 11) is 2.81. The van der Waals surface area contributed by atoms with Crippen LogP contribution in [0.3, 0.4) is 0 Å². The molecule has 3 rings (SSSR count). The average molecular weight is 868 g/mol. The van der Waals surface area contributed by atoms with E-state index in [9.17, 15) is 35.1 Å². The predicted octanol–water partition coefficient (Wildman–Crippen LogP) is 4.98. The summed E-state index contributed by atoms with van der Waals surface area (Å²) >= 11 is 0. The number of rotatable bonds is 11. The van der Waals surface area contributed by atoms with Gasteiger partial charge in [-0.15, -0.1) is 0 Å². The molecule has 2 fully saturated rings. The van der Waals surface area contributed by atoms with Crippen LogP contribution in [0.1, 0.15) is 94.9 Å². The maximum absolute atomic E-state index is 13.9. The molecule has 3 aliphatic rings. The van der Waals surface area contributed by atoms with Crippen LogP contribution >= 0.6 is 0 Å². The second kappa shape index (κ2) is 23.5. The highest BCUT2D eigenvalue weighted by molar-refractivity contribution is 5.87. The molecule has 61 heavy (non-hydrogen) atoms. The van der Waals surface area contributed by atoms with E-state index in [1.807, 2.05) is 53.7 Å². The van der Waals surface area contributed by atoms with Crippen molar-refractivity contribution in [1.82, 2.24) is 0 Å². The summed E-state index contributed by atoms with van der Waals surface area (Å²) in [6.45, 7) is 18.2. The monoisotopic (exact) mass is 868 g/mol. The maximum Gasteiger partial charge on any atom is 0.404 e. The van der Waals surface area contributed by atoms with Crippen LogP contribution in [0.2, 0.25) is 0 Å². The van der Waals surface area contributed by atoms with E-state index in [0.717, 1.165) is 5.57 Å². The van der Waals surface area contributed by atoms with Crippen molar-refractivity contribution in [2.24, 2.45) is 41.2 Å². The lowest BCUT2D eigenvalue weighted by atomic mass is 9.77. The van der Waals surface area contributed by atoms with Gasteiger partial charge in [0.25, 0.3) is 0 Å². The quantitative estimate of drug-likeness (QED) is 0.0915. The fraction of sp³-hybridized carbons (Fsp3) is 0.739. The van der Waals surface area contributed by atoms with E-state index in [2.05, 4.69) is 0 Å². The standard InChI is InChI=1S/C46H75NO14/c1-13-16-34-28(7)37(58-38-22-33(48)43(31(10)57-38)60-45(47)53)23-46(54,61-34)30(9)41(51)29(8)42-35(55-11)18-15-17-24(3)19-26(5)39(49)32(14-2)40(50)27(6)20-25(4)21-36(56-12)44(52)59-42/h13,15-18,20-21,26-35,37-43,48-51,54H,14,19,22-23H2,1-12H3,(H2,47,53)/b16-13+,18-15+,24-17+,25-20+,36-21-/t26-,27-,28-,29+,30+,31-,32+,33-,34-,35+,37-,38+,39+,40-,41-,42-,43-,46-/m1/s1/i11+1,12+1. The van der Waals surface area contributed by atoms with Gasteiger partial charge in [-0.1, -0.05) is 89.1 Å². The minimum atomic E-state index is -1.97. The smallest absolute Gasteiger partial charge is 0.404 e. The Hall–Kier alpha value is -3.12. The number of amides is 1. The molecule has 3 aliphatic heterocycles. The SMILES string of the molecule is C/C=C/[C@H]1O[C@@](O)([C@@H](C)[C@H](O)[C@H](C)[C@H]2OC(=O)/C(O[13CH3])=C/C(C)=C/[C@@H](C)[C@@H](O)[C@@H](CC)[C@@H](O)[C@H](C)C/C(C)=C/C=C/[C@@H]2O[13CH3])C[C@@H](O[C@H]2C[C@@H](O)[C@H](OC(N)=O)[C@@H](C)O2)[C@@H]1C. The molecule has 15 heteroatoms. The van der Waals surface area contributed by atoms with E-state index in [1.54, 1.807) is 52.0 Å². The molecule has 0 aromatic carbocycles. The van der Waals surface area contributed by atoms with Gasteiger partial charge in [-0.05, 0) is 52.5 Å². The molecule has 0 radical (unpaired) electrons. The van der Waals surface area contributed by atoms with Crippen LogP contribution in [0.4, 0.5) is 4.79 Å². The summed E-state index contributed by atoms with van der Waals surface area (Å²) in [5, 5.41) is 58.0. The number of carbonyl (C=O) groups excluding carboxylic acids is 2. The Bertz CT molecular complexity index is 1570. The number of allylic oxidation sites excluding steroid dienone is 6. The van der Waals surface area contributed by atoms with Crippen molar-refractivity contribution in [2.75, 3.05) is 14.2 Å². The first kappa shape index (κ1) is 52.2. The number of hydrogen-bond acceptors (Lipinski definition) is 14. The van der Waals surface area contributed by atoms with Crippen LogP contribution in [0, 0.1) is 35.5 Å². The Morgan fingerprint density at radius 2 is 1.77 bits per heavy atom. The Kier molecular flexibility index (Phi) is 20.1. The van der Waals surface area contributed by atoms with Crippen molar-refractivity contribution in [3.8, 4) is 0 Å². The third kappa shape index (κ3) is 13.7. The number of aliphatic hydroxyl groups is 5. The van der Waals surface area contributed by atoms with Gasteiger partial charge in [0.15, 0.2) is 18.2 Å². The summed E-state index contributed by atoms with van der Waals surface area (Å²) < 4.78 is 41.4. The van der Waals surface area contributed by atoms with E-state index in [-0.39, 0.29) is 42.3 Å². The van der Waals surface area contributed by atoms with Gasteiger partial charge in [-0.2, -0.15) is 0 Å². The van der Waals surface area contributed by atoms with Crippen molar-refractivity contribution in [2.45, 2.75) is 168 Å². The van der Waals surface area contributed by atoms with Crippen molar-refractivity contribution in [1.29, 1.82) is 0 Å². The lowest BCUT2D eigenvalue weighted by Gasteiger charge is -2.49. The molecule has 348 valence electrons. The number of methoxy groups -OCH3 is 2. The zero-order valence-corrected chi connectivity index (χ0v) is 38.2. The Labute approximate surface area is 362 Å². The van der Waals surface area contributed by atoms with Crippen LogP contribution in [0.15, 0.2) is 59.4 Å². The lowest BCUT2D eigenvalue weighted by Crippen LogP contribution is -2.59. The molecule has 15 nitrogen and oxygen atoms in total. The summed E-state index contributed by atoms with van der Waals surface area (Å²) in [6, 6.07) is 0. The first-order valence-electron chi connectivity index (χ1n) is 21.7. The first-order chi connectivity index (χ1) is 28.6. The molecule has 3 heterocycles. The van der Waals surface area contributed by atoms with Crippen LogP contribution in [-0.2, 0) is 38.0 Å². The topological polar surface area (TPSA) is 226 Å². The molecule has 2 saturated heterocycles. The van der Waals surface area contributed by atoms with E-state index >= 15 is 0 Å². The molecule has 0 aliphatic carbocycles. The summed E-state index contributed by atoms with van der Waals surface area (Å²) in [5.41, 5.74) is 6.78. The van der Waals surface area contributed by atoms with Gasteiger partial charge in [-0.3, -0.25) is 0 Å². The number of nitrogens with two attached hydrogens (primary N) is 1. The zero-order valence-electron chi connectivity index (χ0n) is 38.2. The summed E-state index contributed by atoms with van der Waals surface area (Å²) in [4.78, 5) is 25.4. The van der Waals surface area contributed by atoms with E-state index in [4.69, 9.17) is 38.9 Å². The highest BCUT2D eigenvalue weighted by Crippen LogP contribution is 2.42. The zero-order chi connectivity index (χ0) is 45.9. The Balaban J connectivity index is 2.00. The number of cyclic esters (lactones) is 1. The number of ether oxygens (including phenoxy) is 7. The van der Waals surface area contributed by atoms with Gasteiger partial charge >= 0.3 is 12.1 Å². The molecule has 7 N–H and O–H groups in total. The maximum atomic E-state index is 13.9. The second-order valence-electron chi connectivity index (χ2n) is 17.5. The van der Waals surface area contributed by atoms with Gasteiger partial charge in [0, 0.05) is 49.5 Å². The first-order valence-corrected chi connectivity index (χ1v) is 21.7. The molecule has 0 bridgehead atoms.